The smallest absolute Gasteiger partial charge is 0.0601 e. The van der Waals surface area contributed by atoms with Crippen molar-refractivity contribution < 1.29 is 0 Å². The summed E-state index contributed by atoms with van der Waals surface area (Å²) in [6.45, 7) is 7.54. The minimum absolute atomic E-state index is 0.605. The monoisotopic (exact) mass is 340 g/mol. The Morgan fingerprint density at radius 1 is 1.21 bits per heavy atom. The van der Waals surface area contributed by atoms with Gasteiger partial charge in [-0.25, -0.2) is 0 Å². The highest BCUT2D eigenvalue weighted by Crippen LogP contribution is 2.37. The lowest BCUT2D eigenvalue weighted by atomic mass is 9.95. The fourth-order valence-electron chi connectivity index (χ4n) is 3.34. The molecular weight excluding hydrogens is 312 g/mol. The quantitative estimate of drug-likeness (QED) is 0.509. The van der Waals surface area contributed by atoms with Gasteiger partial charge in [0.15, 0.2) is 0 Å². The van der Waals surface area contributed by atoms with Crippen LogP contribution in [-0.4, -0.2) is 11.5 Å². The molecule has 0 radical (unpaired) electrons. The molecule has 0 fully saturated rings. The Morgan fingerprint density at radius 3 is 2.71 bits per heavy atom. The Balaban J connectivity index is 2.12. The van der Waals surface area contributed by atoms with E-state index in [4.69, 9.17) is 5.73 Å². The third-order valence-corrected chi connectivity index (χ3v) is 6.12. The van der Waals surface area contributed by atoms with Gasteiger partial charge in [-0.3, -0.25) is 0 Å². The van der Waals surface area contributed by atoms with Crippen molar-refractivity contribution in [3.8, 4) is 10.6 Å². The maximum atomic E-state index is 5.71. The van der Waals surface area contributed by atoms with Crippen LogP contribution in [-0.2, 0) is 6.42 Å². The molecule has 3 rings (SSSR count). The predicted octanol–water partition coefficient (Wildman–Crippen LogP) is 6.00. The van der Waals surface area contributed by atoms with Gasteiger partial charge >= 0.3 is 0 Å². The number of benzene rings is 1. The number of fused-ring (bicyclic) bond motifs is 1. The van der Waals surface area contributed by atoms with Crippen LogP contribution < -0.4 is 5.73 Å². The summed E-state index contributed by atoms with van der Waals surface area (Å²) in [5.41, 5.74) is 12.6. The topological polar surface area (TPSA) is 41.8 Å². The van der Waals surface area contributed by atoms with E-state index in [2.05, 4.69) is 55.4 Å². The first-order valence-corrected chi connectivity index (χ1v) is 9.92. The molecule has 0 aliphatic carbocycles. The molecule has 0 aliphatic rings. The zero-order chi connectivity index (χ0) is 17.1. The molecule has 3 heteroatoms. The van der Waals surface area contributed by atoms with Crippen molar-refractivity contribution in [1.82, 2.24) is 4.98 Å². The van der Waals surface area contributed by atoms with Gasteiger partial charge in [0.2, 0.25) is 0 Å². The number of unbranched alkanes of at least 4 members (excludes halogenated alkanes) is 1. The van der Waals surface area contributed by atoms with Crippen molar-refractivity contribution in [1.29, 1.82) is 0 Å². The molecule has 0 aliphatic heterocycles. The van der Waals surface area contributed by atoms with Crippen molar-refractivity contribution in [2.24, 2.45) is 5.73 Å². The Bertz CT molecular complexity index is 812. The summed E-state index contributed by atoms with van der Waals surface area (Å²) >= 11 is 1.83. The minimum atomic E-state index is 0.605. The molecular formula is C21H28N2S. The molecule has 2 heterocycles. The number of aromatic amines is 1. The van der Waals surface area contributed by atoms with E-state index in [9.17, 15) is 0 Å². The fourth-order valence-corrected chi connectivity index (χ4v) is 4.29. The van der Waals surface area contributed by atoms with E-state index in [0.29, 0.717) is 5.92 Å². The highest BCUT2D eigenvalue weighted by molar-refractivity contribution is 7.13. The zero-order valence-electron chi connectivity index (χ0n) is 15.0. The summed E-state index contributed by atoms with van der Waals surface area (Å²) in [5, 5.41) is 3.58. The van der Waals surface area contributed by atoms with Gasteiger partial charge in [-0.2, -0.15) is 0 Å². The summed E-state index contributed by atoms with van der Waals surface area (Å²) in [7, 11) is 0. The molecule has 1 aromatic carbocycles. The van der Waals surface area contributed by atoms with Crippen LogP contribution in [0.3, 0.4) is 0 Å². The summed E-state index contributed by atoms with van der Waals surface area (Å²) in [5.74, 6) is 0.605. The fraction of sp³-hybridized carbons (Fsp3) is 0.429. The molecule has 24 heavy (non-hydrogen) atoms. The highest BCUT2D eigenvalue weighted by atomic mass is 32.1. The standard InChI is InChI=1S/C21H28N2S/c1-4-14(2)16-8-9-19-18(13-16)17(7-5-6-11-22)20(23-19)21-15(3)10-12-24-21/h8-10,12-14,23H,4-7,11,22H2,1-3H3. The van der Waals surface area contributed by atoms with Gasteiger partial charge in [-0.1, -0.05) is 19.9 Å². The lowest BCUT2D eigenvalue weighted by Crippen LogP contribution is -1.99. The molecule has 0 amide bonds. The molecule has 1 atom stereocenters. The second kappa shape index (κ2) is 7.54. The van der Waals surface area contributed by atoms with Crippen molar-refractivity contribution in [2.75, 3.05) is 6.54 Å². The van der Waals surface area contributed by atoms with Gasteiger partial charge < -0.3 is 10.7 Å². The average Bonchev–Trinajstić information content (AvgIpc) is 3.17. The predicted molar refractivity (Wildman–Crippen MR) is 107 cm³/mol. The molecule has 3 aromatic rings. The molecule has 3 N–H and O–H groups in total. The molecule has 2 nitrogen and oxygen atoms in total. The first-order chi connectivity index (χ1) is 11.7. The summed E-state index contributed by atoms with van der Waals surface area (Å²) in [6.07, 6.45) is 4.50. The third kappa shape index (κ3) is 3.28. The molecule has 128 valence electrons. The van der Waals surface area contributed by atoms with Crippen molar-refractivity contribution in [2.45, 2.75) is 52.4 Å². The molecule has 1 unspecified atom stereocenters. The number of thiophene rings is 1. The van der Waals surface area contributed by atoms with E-state index in [0.717, 1.165) is 25.8 Å². The van der Waals surface area contributed by atoms with E-state index in [-0.39, 0.29) is 0 Å². The number of nitrogens with one attached hydrogen (secondary N) is 1. The zero-order valence-corrected chi connectivity index (χ0v) is 15.8. The Kier molecular flexibility index (Phi) is 5.42. The van der Waals surface area contributed by atoms with E-state index < -0.39 is 0 Å². The molecule has 0 spiro atoms. The second-order valence-electron chi connectivity index (χ2n) is 6.77. The number of aryl methyl sites for hydroxylation is 2. The van der Waals surface area contributed by atoms with Gasteiger partial charge in [0.25, 0.3) is 0 Å². The van der Waals surface area contributed by atoms with Crippen LogP contribution in [0, 0.1) is 6.92 Å². The van der Waals surface area contributed by atoms with Gasteiger partial charge in [-0.15, -0.1) is 11.3 Å². The highest BCUT2D eigenvalue weighted by Gasteiger charge is 2.16. The summed E-state index contributed by atoms with van der Waals surface area (Å²) in [6, 6.07) is 9.15. The number of H-pyrrole nitrogens is 1. The molecule has 0 saturated heterocycles. The van der Waals surface area contributed by atoms with Gasteiger partial charge in [0.1, 0.15) is 0 Å². The van der Waals surface area contributed by atoms with E-state index in [1.807, 2.05) is 11.3 Å². The summed E-state index contributed by atoms with van der Waals surface area (Å²) in [4.78, 5) is 5.07. The molecule has 0 saturated carbocycles. The van der Waals surface area contributed by atoms with E-state index in [1.54, 1.807) is 0 Å². The third-order valence-electron chi connectivity index (χ3n) is 5.08. The Morgan fingerprint density at radius 2 is 2.04 bits per heavy atom. The molecule has 2 aromatic heterocycles. The Hall–Kier alpha value is -1.58. The first kappa shape index (κ1) is 17.2. The summed E-state index contributed by atoms with van der Waals surface area (Å²) < 4.78 is 0. The first-order valence-electron chi connectivity index (χ1n) is 9.04. The number of rotatable bonds is 7. The van der Waals surface area contributed by atoms with Crippen LogP contribution in [0.15, 0.2) is 29.6 Å². The van der Waals surface area contributed by atoms with E-state index in [1.165, 1.54) is 44.6 Å². The lowest BCUT2D eigenvalue weighted by Gasteiger charge is -2.09. The maximum absolute atomic E-state index is 5.71. The van der Waals surface area contributed by atoms with Crippen LogP contribution in [0.4, 0.5) is 0 Å². The van der Waals surface area contributed by atoms with Crippen molar-refractivity contribution in [3.05, 3.63) is 46.3 Å². The number of aromatic nitrogens is 1. The van der Waals surface area contributed by atoms with Crippen molar-refractivity contribution >= 4 is 22.2 Å². The van der Waals surface area contributed by atoms with Crippen molar-refractivity contribution in [3.63, 3.8) is 0 Å². The van der Waals surface area contributed by atoms with Gasteiger partial charge in [0.05, 0.1) is 10.6 Å². The van der Waals surface area contributed by atoms with Crippen LogP contribution >= 0.6 is 11.3 Å². The number of hydrogen-bond donors (Lipinski definition) is 2. The second-order valence-corrected chi connectivity index (χ2v) is 7.69. The van der Waals surface area contributed by atoms with Crippen LogP contribution in [0.5, 0.6) is 0 Å². The average molecular weight is 341 g/mol. The largest absolute Gasteiger partial charge is 0.354 e. The Labute approximate surface area is 149 Å². The van der Waals surface area contributed by atoms with Gasteiger partial charge in [-0.05, 0) is 85.3 Å². The number of nitrogens with two attached hydrogens (primary N) is 1. The SMILES string of the molecule is CCC(C)c1ccc2[nH]c(-c3sccc3C)c(CCCCN)c2c1. The van der Waals surface area contributed by atoms with Crippen LogP contribution in [0.1, 0.15) is 55.7 Å². The van der Waals surface area contributed by atoms with Crippen LogP contribution in [0.25, 0.3) is 21.5 Å². The van der Waals surface area contributed by atoms with Gasteiger partial charge in [0, 0.05) is 10.9 Å². The van der Waals surface area contributed by atoms with E-state index >= 15 is 0 Å². The lowest BCUT2D eigenvalue weighted by molar-refractivity contribution is 0.734. The number of hydrogen-bond acceptors (Lipinski definition) is 2. The van der Waals surface area contributed by atoms with Crippen LogP contribution in [0.2, 0.25) is 0 Å². The molecule has 0 bridgehead atoms. The maximum Gasteiger partial charge on any atom is 0.0601 e. The normalized spacial score (nSPS) is 12.8. The minimum Gasteiger partial charge on any atom is -0.354 e.